The summed E-state index contributed by atoms with van der Waals surface area (Å²) >= 11 is 1.75. The highest BCUT2D eigenvalue weighted by molar-refractivity contribution is 7.99. The zero-order chi connectivity index (χ0) is 8.69. The molecule has 0 heterocycles. The summed E-state index contributed by atoms with van der Waals surface area (Å²) in [5.41, 5.74) is 0.464. The highest BCUT2D eigenvalue weighted by atomic mass is 32.2. The van der Waals surface area contributed by atoms with Gasteiger partial charge in [0.1, 0.15) is 6.61 Å². The van der Waals surface area contributed by atoms with Gasteiger partial charge in [0.25, 0.3) is 0 Å². The van der Waals surface area contributed by atoms with Crippen molar-refractivity contribution in [3.63, 3.8) is 0 Å². The molecule has 0 fully saturated rings. The van der Waals surface area contributed by atoms with Crippen molar-refractivity contribution >= 4 is 17.7 Å². The molecular weight excluding hydrogens is 160 g/mol. The lowest BCUT2D eigenvalue weighted by atomic mass is 10.4. The lowest BCUT2D eigenvalue weighted by Crippen LogP contribution is -2.07. The van der Waals surface area contributed by atoms with Crippen molar-refractivity contribution < 1.29 is 9.53 Å². The monoisotopic (exact) mass is 174 g/mol. The molecule has 0 radical (unpaired) electrons. The first kappa shape index (κ1) is 10.6. The van der Waals surface area contributed by atoms with Crippen LogP contribution in [0.1, 0.15) is 13.8 Å². The molecule has 0 atom stereocenters. The number of carbonyl (C=O) groups is 1. The lowest BCUT2D eigenvalue weighted by Gasteiger charge is -2.02. The average molecular weight is 174 g/mol. The largest absolute Gasteiger partial charge is 0.461 e. The van der Waals surface area contributed by atoms with Crippen molar-refractivity contribution in [2.24, 2.45) is 0 Å². The normalized spacial score (nSPS) is 9.27. The number of thioether (sulfide) groups is 1. The Morgan fingerprint density at radius 3 is 2.73 bits per heavy atom. The topological polar surface area (TPSA) is 26.3 Å². The molecule has 2 nitrogen and oxygen atoms in total. The third-order valence-corrected chi connectivity index (χ3v) is 1.88. The first-order valence-corrected chi connectivity index (χ1v) is 4.74. The third kappa shape index (κ3) is 5.98. The Balaban J connectivity index is 3.25. The van der Waals surface area contributed by atoms with E-state index in [1.807, 2.05) is 0 Å². The molecule has 0 saturated carbocycles. The molecule has 0 unspecified atom stereocenters. The van der Waals surface area contributed by atoms with Crippen LogP contribution in [0.5, 0.6) is 0 Å². The second-order valence-corrected chi connectivity index (χ2v) is 3.51. The smallest absolute Gasteiger partial charge is 0.333 e. The molecule has 0 spiro atoms. The summed E-state index contributed by atoms with van der Waals surface area (Å²) in [7, 11) is 0. The fourth-order valence-corrected chi connectivity index (χ4v) is 0.951. The van der Waals surface area contributed by atoms with Crippen LogP contribution < -0.4 is 0 Å². The Morgan fingerprint density at radius 2 is 2.27 bits per heavy atom. The summed E-state index contributed by atoms with van der Waals surface area (Å²) in [6.07, 6.45) is 0. The van der Waals surface area contributed by atoms with Crippen molar-refractivity contribution in [1.82, 2.24) is 0 Å². The Labute approximate surface area is 72.0 Å². The van der Waals surface area contributed by atoms with Gasteiger partial charge in [-0.3, -0.25) is 0 Å². The van der Waals surface area contributed by atoms with Gasteiger partial charge >= 0.3 is 5.97 Å². The Morgan fingerprint density at radius 1 is 1.64 bits per heavy atom. The van der Waals surface area contributed by atoms with Crippen molar-refractivity contribution in [3.8, 4) is 0 Å². The minimum atomic E-state index is -0.290. The van der Waals surface area contributed by atoms with Crippen LogP contribution in [-0.4, -0.2) is 24.1 Å². The van der Waals surface area contributed by atoms with Crippen LogP contribution in [0.3, 0.4) is 0 Å². The minimum Gasteiger partial charge on any atom is -0.461 e. The molecule has 0 amide bonds. The number of hydrogen-bond donors (Lipinski definition) is 0. The molecule has 0 aromatic rings. The molecule has 0 aliphatic heterocycles. The lowest BCUT2D eigenvalue weighted by molar-refractivity contribution is -0.138. The first-order valence-electron chi connectivity index (χ1n) is 3.58. The van der Waals surface area contributed by atoms with Gasteiger partial charge in [-0.15, -0.1) is 0 Å². The summed E-state index contributed by atoms with van der Waals surface area (Å²) in [6.45, 7) is 7.69. The Bertz CT molecular complexity index is 143. The summed E-state index contributed by atoms with van der Waals surface area (Å²) in [6, 6.07) is 0. The molecule has 0 aromatic carbocycles. The number of ether oxygens (including phenoxy) is 1. The molecule has 0 rings (SSSR count). The van der Waals surface area contributed by atoms with Crippen LogP contribution in [0, 0.1) is 0 Å². The average Bonchev–Trinajstić information content (AvgIpc) is 1.97. The van der Waals surface area contributed by atoms with Gasteiger partial charge in [-0.1, -0.05) is 13.5 Å². The van der Waals surface area contributed by atoms with E-state index in [0.717, 1.165) is 11.5 Å². The van der Waals surface area contributed by atoms with Gasteiger partial charge in [0.2, 0.25) is 0 Å². The number of rotatable bonds is 5. The van der Waals surface area contributed by atoms with Gasteiger partial charge in [-0.05, 0) is 12.7 Å². The van der Waals surface area contributed by atoms with E-state index in [-0.39, 0.29) is 5.97 Å². The molecule has 3 heteroatoms. The summed E-state index contributed by atoms with van der Waals surface area (Å²) < 4.78 is 4.85. The van der Waals surface area contributed by atoms with Gasteiger partial charge in [-0.2, -0.15) is 11.8 Å². The molecule has 0 aromatic heterocycles. The molecular formula is C8H14O2S. The molecule has 11 heavy (non-hydrogen) atoms. The van der Waals surface area contributed by atoms with E-state index in [4.69, 9.17) is 4.74 Å². The van der Waals surface area contributed by atoms with E-state index in [0.29, 0.717) is 12.2 Å². The number of hydrogen-bond acceptors (Lipinski definition) is 3. The molecule has 0 bridgehead atoms. The fraction of sp³-hybridized carbons (Fsp3) is 0.625. The third-order valence-electron chi connectivity index (χ3n) is 1.01. The van der Waals surface area contributed by atoms with E-state index < -0.39 is 0 Å². The molecule has 0 aliphatic rings. The van der Waals surface area contributed by atoms with Gasteiger partial charge in [0.15, 0.2) is 0 Å². The predicted molar refractivity (Wildman–Crippen MR) is 48.8 cm³/mol. The van der Waals surface area contributed by atoms with E-state index in [1.165, 1.54) is 0 Å². The van der Waals surface area contributed by atoms with Gasteiger partial charge in [0.05, 0.1) is 0 Å². The maximum atomic E-state index is 10.8. The quantitative estimate of drug-likeness (QED) is 0.361. The summed E-state index contributed by atoms with van der Waals surface area (Å²) in [5.74, 6) is 1.64. The zero-order valence-corrected chi connectivity index (χ0v) is 7.87. The van der Waals surface area contributed by atoms with E-state index in [9.17, 15) is 4.79 Å². The maximum absolute atomic E-state index is 10.8. The second kappa shape index (κ2) is 6.28. The van der Waals surface area contributed by atoms with Crippen molar-refractivity contribution in [1.29, 1.82) is 0 Å². The zero-order valence-electron chi connectivity index (χ0n) is 7.05. The Hall–Kier alpha value is -0.440. The standard InChI is InChI=1S/C8H14O2S/c1-4-11-6-5-10-8(9)7(2)3/h2,4-6H2,1,3H3. The number of carbonyl (C=O) groups excluding carboxylic acids is 1. The molecule has 0 N–H and O–H groups in total. The van der Waals surface area contributed by atoms with E-state index in [2.05, 4.69) is 13.5 Å². The van der Waals surface area contributed by atoms with Crippen LogP contribution in [0.2, 0.25) is 0 Å². The van der Waals surface area contributed by atoms with Gasteiger partial charge in [-0.25, -0.2) is 4.79 Å². The summed E-state index contributed by atoms with van der Waals surface area (Å²) in [4.78, 5) is 10.8. The van der Waals surface area contributed by atoms with Crippen molar-refractivity contribution in [2.45, 2.75) is 13.8 Å². The van der Waals surface area contributed by atoms with Crippen molar-refractivity contribution in [3.05, 3.63) is 12.2 Å². The summed E-state index contributed by atoms with van der Waals surface area (Å²) in [5, 5.41) is 0. The molecule has 0 saturated heterocycles. The van der Waals surface area contributed by atoms with E-state index >= 15 is 0 Å². The highest BCUT2D eigenvalue weighted by Crippen LogP contribution is 1.99. The van der Waals surface area contributed by atoms with Crippen LogP contribution >= 0.6 is 11.8 Å². The van der Waals surface area contributed by atoms with E-state index in [1.54, 1.807) is 18.7 Å². The second-order valence-electron chi connectivity index (χ2n) is 2.11. The van der Waals surface area contributed by atoms with Crippen LogP contribution in [0.25, 0.3) is 0 Å². The van der Waals surface area contributed by atoms with Crippen LogP contribution in [0.4, 0.5) is 0 Å². The SMILES string of the molecule is C=C(C)C(=O)OCCSCC. The van der Waals surface area contributed by atoms with Crippen LogP contribution in [-0.2, 0) is 9.53 Å². The molecule has 64 valence electrons. The maximum Gasteiger partial charge on any atom is 0.333 e. The fourth-order valence-electron chi connectivity index (χ4n) is 0.461. The van der Waals surface area contributed by atoms with Gasteiger partial charge < -0.3 is 4.74 Å². The van der Waals surface area contributed by atoms with Gasteiger partial charge in [0, 0.05) is 11.3 Å². The highest BCUT2D eigenvalue weighted by Gasteiger charge is 2.00. The Kier molecular flexibility index (Phi) is 6.03. The predicted octanol–water partition coefficient (Wildman–Crippen LogP) is 1.86. The minimum absolute atomic E-state index is 0.290. The molecule has 0 aliphatic carbocycles. The number of esters is 1. The first-order chi connectivity index (χ1) is 5.18. The van der Waals surface area contributed by atoms with Crippen molar-refractivity contribution in [2.75, 3.05) is 18.1 Å². The van der Waals surface area contributed by atoms with Crippen LogP contribution in [0.15, 0.2) is 12.2 Å².